The normalized spacial score (nSPS) is 15.3. The fraction of sp³-hybridized carbons (Fsp3) is 0.387. The fourth-order valence-electron chi connectivity index (χ4n) is 4.12. The van der Waals surface area contributed by atoms with Crippen molar-refractivity contribution in [2.45, 2.75) is 73.1 Å². The van der Waals surface area contributed by atoms with E-state index in [9.17, 15) is 9.59 Å². The Balaban J connectivity index is 0.000000551. The maximum absolute atomic E-state index is 11.9. The van der Waals surface area contributed by atoms with Gasteiger partial charge in [-0.2, -0.15) is 0 Å². The van der Waals surface area contributed by atoms with Crippen LogP contribution in [-0.2, 0) is 10.2 Å². The third kappa shape index (κ3) is 6.66. The third-order valence-electron chi connectivity index (χ3n) is 6.54. The average Bonchev–Trinajstić information content (AvgIpc) is 3.57. The zero-order valence-electron chi connectivity index (χ0n) is 22.4. The molecule has 2 aliphatic rings. The zero-order chi connectivity index (χ0) is 26.2. The molecular formula is C31H40N2O2. The zero-order valence-corrected chi connectivity index (χ0v) is 22.4. The number of allylic oxidation sites excluding steroid dienone is 2. The van der Waals surface area contributed by atoms with Gasteiger partial charge < -0.3 is 9.69 Å². The van der Waals surface area contributed by atoms with Crippen molar-refractivity contribution in [3.05, 3.63) is 83.6 Å². The van der Waals surface area contributed by atoms with Gasteiger partial charge >= 0.3 is 0 Å². The van der Waals surface area contributed by atoms with Crippen molar-refractivity contribution in [1.29, 1.82) is 0 Å². The van der Waals surface area contributed by atoms with Gasteiger partial charge in [-0.15, -0.1) is 0 Å². The van der Waals surface area contributed by atoms with E-state index in [1.54, 1.807) is 13.8 Å². The van der Waals surface area contributed by atoms with Gasteiger partial charge in [0.25, 0.3) is 0 Å². The molecule has 1 aliphatic carbocycles. The highest BCUT2D eigenvalue weighted by Crippen LogP contribution is 2.56. The van der Waals surface area contributed by atoms with E-state index in [-0.39, 0.29) is 17.0 Å². The lowest BCUT2D eigenvalue weighted by atomic mass is 9.97. The summed E-state index contributed by atoms with van der Waals surface area (Å²) in [5.74, 6) is 1.30. The fourth-order valence-corrected chi connectivity index (χ4v) is 4.12. The third-order valence-corrected chi connectivity index (χ3v) is 6.54. The molecule has 1 aliphatic heterocycles. The Morgan fingerprint density at radius 3 is 2.23 bits per heavy atom. The molecule has 2 aromatic rings. The molecule has 1 spiro atoms. The molecule has 4 nitrogen and oxygen atoms in total. The minimum absolute atomic E-state index is 0.0995. The number of fused-ring (bicyclic) bond motifs is 2. The molecule has 1 saturated carbocycles. The molecule has 0 N–H and O–H groups in total. The molecule has 0 amide bonds. The highest BCUT2D eigenvalue weighted by atomic mass is 16.1. The number of hydrogen-bond acceptors (Lipinski definition) is 3. The number of hydrogen-bond donors (Lipinski definition) is 0. The van der Waals surface area contributed by atoms with Crippen molar-refractivity contribution in [2.24, 2.45) is 4.99 Å². The predicted molar refractivity (Wildman–Crippen MR) is 149 cm³/mol. The van der Waals surface area contributed by atoms with Crippen molar-refractivity contribution in [3.8, 4) is 0 Å². The molecule has 0 unspecified atom stereocenters. The number of ketones is 2. The van der Waals surface area contributed by atoms with Gasteiger partial charge in [0.05, 0.1) is 0 Å². The van der Waals surface area contributed by atoms with Crippen molar-refractivity contribution in [3.63, 3.8) is 0 Å². The van der Waals surface area contributed by atoms with Crippen LogP contribution in [-0.4, -0.2) is 23.9 Å². The van der Waals surface area contributed by atoms with Crippen LogP contribution in [0, 0.1) is 6.92 Å². The Bertz CT molecular complexity index is 1140. The van der Waals surface area contributed by atoms with Gasteiger partial charge in [0.15, 0.2) is 5.78 Å². The first-order valence-electron chi connectivity index (χ1n) is 12.6. The highest BCUT2D eigenvalue weighted by molar-refractivity contribution is 6.02. The van der Waals surface area contributed by atoms with E-state index >= 15 is 0 Å². The van der Waals surface area contributed by atoms with Crippen LogP contribution < -0.4 is 4.90 Å². The molecule has 0 aromatic heterocycles. The molecule has 1 heterocycles. The van der Waals surface area contributed by atoms with E-state index in [2.05, 4.69) is 36.6 Å². The van der Waals surface area contributed by atoms with Gasteiger partial charge in [0.2, 0.25) is 0 Å². The number of aryl methyl sites for hydroxylation is 1. The summed E-state index contributed by atoms with van der Waals surface area (Å²) in [7, 11) is 0. The molecule has 2 aromatic carbocycles. The summed E-state index contributed by atoms with van der Waals surface area (Å²) in [5.41, 5.74) is 6.87. The molecule has 1 fully saturated rings. The molecule has 186 valence electrons. The number of anilines is 1. The minimum atomic E-state index is 0.0995. The SMILES string of the molecule is C=C/C(=C\N=C(C)N1CC2(CC2)c2ccc(C(C)=O)cc21)c1ccccc1C.CC.CCC(C)=O. The van der Waals surface area contributed by atoms with E-state index in [4.69, 9.17) is 4.99 Å². The van der Waals surface area contributed by atoms with E-state index in [0.29, 0.717) is 6.42 Å². The number of carbonyl (C=O) groups excluding carboxylic acids is 2. The molecule has 0 atom stereocenters. The van der Waals surface area contributed by atoms with Crippen molar-refractivity contribution in [2.75, 3.05) is 11.4 Å². The molecule has 0 saturated heterocycles. The summed E-state index contributed by atoms with van der Waals surface area (Å²) >= 11 is 0. The molecule has 0 radical (unpaired) electrons. The first kappa shape index (κ1) is 28.0. The van der Waals surface area contributed by atoms with Gasteiger partial charge in [-0.25, -0.2) is 4.99 Å². The number of nitrogens with zero attached hydrogens (tertiary/aromatic N) is 2. The monoisotopic (exact) mass is 472 g/mol. The molecular weight excluding hydrogens is 432 g/mol. The summed E-state index contributed by atoms with van der Waals surface area (Å²) in [4.78, 5) is 28.7. The Kier molecular flexibility index (Phi) is 9.94. The molecule has 4 rings (SSSR count). The van der Waals surface area contributed by atoms with Crippen LogP contribution in [0.4, 0.5) is 5.69 Å². The number of amidine groups is 1. The summed E-state index contributed by atoms with van der Waals surface area (Å²) in [5, 5.41) is 0. The summed E-state index contributed by atoms with van der Waals surface area (Å²) in [6.45, 7) is 18.1. The van der Waals surface area contributed by atoms with Gasteiger partial charge in [-0.05, 0) is 68.9 Å². The van der Waals surface area contributed by atoms with Crippen LogP contribution in [0.15, 0.2) is 66.3 Å². The number of rotatable bonds is 5. The van der Waals surface area contributed by atoms with Gasteiger partial charge in [0, 0.05) is 35.8 Å². The minimum Gasteiger partial charge on any atom is -0.329 e. The Morgan fingerprint density at radius 2 is 1.71 bits per heavy atom. The smallest absolute Gasteiger partial charge is 0.159 e. The van der Waals surface area contributed by atoms with Gasteiger partial charge in [-0.1, -0.05) is 69.8 Å². The molecule has 0 bridgehead atoms. The Labute approximate surface area is 211 Å². The molecule has 4 heteroatoms. The standard InChI is InChI=1S/C25H26N2O.C4H8O.C2H6/c1-5-20(22-9-7-6-8-17(22)2)15-26-19(4)27-16-25(12-13-25)23-11-10-21(18(3)28)14-24(23)27;1-3-4(2)5;1-2/h5-11,14-15H,1,12-13,16H2,2-4H3;3H2,1-2H3;1-2H3/b20-15+,26-19?;;. The maximum Gasteiger partial charge on any atom is 0.159 e. The van der Waals surface area contributed by atoms with Crippen LogP contribution in [0.2, 0.25) is 0 Å². The highest BCUT2D eigenvalue weighted by Gasteiger charge is 2.52. The number of Topliss-reactive ketones (excluding diaryl/α,β-unsaturated/α-hetero) is 2. The van der Waals surface area contributed by atoms with E-state index in [1.165, 1.54) is 24.0 Å². The Morgan fingerprint density at radius 1 is 1.09 bits per heavy atom. The quantitative estimate of drug-likeness (QED) is 0.194. The Hall–Kier alpha value is -3.27. The molecule has 35 heavy (non-hydrogen) atoms. The van der Waals surface area contributed by atoms with E-state index in [0.717, 1.165) is 34.8 Å². The van der Waals surface area contributed by atoms with Crippen LogP contribution >= 0.6 is 0 Å². The van der Waals surface area contributed by atoms with E-state index < -0.39 is 0 Å². The summed E-state index contributed by atoms with van der Waals surface area (Å²) in [6.07, 6.45) is 6.84. The number of carbonyl (C=O) groups is 2. The van der Waals surface area contributed by atoms with Gasteiger partial charge in [0.1, 0.15) is 11.6 Å². The second kappa shape index (κ2) is 12.4. The largest absolute Gasteiger partial charge is 0.329 e. The lowest BCUT2D eigenvalue weighted by Crippen LogP contribution is -2.29. The first-order chi connectivity index (χ1) is 16.7. The topological polar surface area (TPSA) is 49.7 Å². The second-order valence-electron chi connectivity index (χ2n) is 8.99. The van der Waals surface area contributed by atoms with Crippen LogP contribution in [0.3, 0.4) is 0 Å². The first-order valence-corrected chi connectivity index (χ1v) is 12.6. The van der Waals surface area contributed by atoms with Crippen molar-refractivity contribution >= 4 is 28.7 Å². The second-order valence-corrected chi connectivity index (χ2v) is 8.99. The number of aliphatic imine (C=N–C) groups is 1. The lowest BCUT2D eigenvalue weighted by molar-refractivity contribution is -0.116. The van der Waals surface area contributed by atoms with Crippen LogP contribution in [0.1, 0.15) is 87.9 Å². The van der Waals surface area contributed by atoms with Gasteiger partial charge in [-0.3, -0.25) is 4.79 Å². The lowest BCUT2D eigenvalue weighted by Gasteiger charge is -2.19. The predicted octanol–water partition coefficient (Wildman–Crippen LogP) is 7.71. The summed E-state index contributed by atoms with van der Waals surface area (Å²) < 4.78 is 0. The average molecular weight is 473 g/mol. The summed E-state index contributed by atoms with van der Waals surface area (Å²) in [6, 6.07) is 14.4. The van der Waals surface area contributed by atoms with Crippen molar-refractivity contribution in [1.82, 2.24) is 0 Å². The van der Waals surface area contributed by atoms with Crippen LogP contribution in [0.25, 0.3) is 5.57 Å². The number of benzene rings is 2. The maximum atomic E-state index is 11.9. The van der Waals surface area contributed by atoms with Crippen LogP contribution in [0.5, 0.6) is 0 Å². The van der Waals surface area contributed by atoms with E-state index in [1.807, 2.05) is 64.2 Å². The van der Waals surface area contributed by atoms with Crippen molar-refractivity contribution < 1.29 is 9.59 Å².